The van der Waals surface area contributed by atoms with Crippen molar-refractivity contribution in [3.8, 4) is 0 Å². The number of pyridine rings is 1. The maximum absolute atomic E-state index is 12.7. The average Bonchev–Trinajstić information content (AvgIpc) is 2.67. The molecule has 20 heavy (non-hydrogen) atoms. The molecular weight excluding hydrogens is 275 g/mol. The normalized spacial score (nSPS) is 19.9. The first-order valence-corrected chi connectivity index (χ1v) is 6.03. The van der Waals surface area contributed by atoms with Crippen molar-refractivity contribution in [1.29, 1.82) is 0 Å². The fraction of sp³-hybridized carbons (Fsp3) is 0.500. The quantitative estimate of drug-likeness (QED) is 0.858. The minimum absolute atomic E-state index is 0.0288. The highest BCUT2D eigenvalue weighted by Gasteiger charge is 2.38. The maximum Gasteiger partial charge on any atom is 0.416 e. The highest BCUT2D eigenvalue weighted by Crippen LogP contribution is 2.31. The van der Waals surface area contributed by atoms with E-state index in [2.05, 4.69) is 4.98 Å². The molecule has 1 aromatic rings. The molecule has 8 heteroatoms. The fourth-order valence-corrected chi connectivity index (χ4v) is 1.96. The van der Waals surface area contributed by atoms with Crippen LogP contribution in [0.3, 0.4) is 0 Å². The lowest BCUT2D eigenvalue weighted by molar-refractivity contribution is -0.137. The van der Waals surface area contributed by atoms with Gasteiger partial charge in [-0.1, -0.05) is 0 Å². The molecule has 1 fully saturated rings. The molecule has 0 spiro atoms. The molecule has 0 aromatic carbocycles. The van der Waals surface area contributed by atoms with Crippen molar-refractivity contribution in [1.82, 2.24) is 9.88 Å². The third-order valence-corrected chi connectivity index (χ3v) is 3.01. The van der Waals surface area contributed by atoms with Gasteiger partial charge in [-0.05, 0) is 19.1 Å². The number of likely N-dealkylation sites (N-methyl/N-ethyl adjacent to an activating group) is 1. The number of hydrogen-bond donors (Lipinski definition) is 0. The van der Waals surface area contributed by atoms with Crippen molar-refractivity contribution < 1.29 is 22.7 Å². The van der Waals surface area contributed by atoms with Crippen LogP contribution < -0.4 is 4.90 Å². The van der Waals surface area contributed by atoms with Crippen LogP contribution in [0.5, 0.6) is 0 Å². The summed E-state index contributed by atoms with van der Waals surface area (Å²) in [6.45, 7) is 2.34. The molecule has 1 aliphatic heterocycles. The molecule has 2 heterocycles. The van der Waals surface area contributed by atoms with Gasteiger partial charge in [0.05, 0.1) is 12.1 Å². The van der Waals surface area contributed by atoms with Crippen LogP contribution in [0.2, 0.25) is 0 Å². The van der Waals surface area contributed by atoms with Crippen LogP contribution in [0, 0.1) is 0 Å². The first-order chi connectivity index (χ1) is 9.34. The van der Waals surface area contributed by atoms with Crippen molar-refractivity contribution in [3.63, 3.8) is 0 Å². The number of halogens is 3. The van der Waals surface area contributed by atoms with Crippen LogP contribution in [-0.2, 0) is 10.9 Å². The summed E-state index contributed by atoms with van der Waals surface area (Å²) < 4.78 is 43.3. The molecule has 0 saturated carbocycles. The number of anilines is 1. The molecule has 2 rings (SSSR count). The van der Waals surface area contributed by atoms with Crippen molar-refractivity contribution in [2.45, 2.75) is 19.3 Å². The Labute approximate surface area is 113 Å². The smallest absolute Gasteiger partial charge is 0.357 e. The molecule has 0 aliphatic carbocycles. The Morgan fingerprint density at radius 1 is 1.50 bits per heavy atom. The minimum Gasteiger partial charge on any atom is -0.357 e. The number of rotatable bonds is 3. The zero-order valence-electron chi connectivity index (χ0n) is 11.0. The summed E-state index contributed by atoms with van der Waals surface area (Å²) in [5.74, 6) is -0.0288. The topological polar surface area (TPSA) is 45.7 Å². The third kappa shape index (κ3) is 2.69. The van der Waals surface area contributed by atoms with E-state index in [4.69, 9.17) is 4.74 Å². The summed E-state index contributed by atoms with van der Waals surface area (Å²) in [6, 6.07) is 1.30. The van der Waals surface area contributed by atoms with Crippen LogP contribution in [-0.4, -0.2) is 42.3 Å². The van der Waals surface area contributed by atoms with Gasteiger partial charge < -0.3 is 4.74 Å². The van der Waals surface area contributed by atoms with Crippen LogP contribution >= 0.6 is 0 Å². The molecule has 0 bridgehead atoms. The summed E-state index contributed by atoms with van der Waals surface area (Å²) >= 11 is 0. The second-order valence-corrected chi connectivity index (χ2v) is 4.31. The zero-order chi connectivity index (χ0) is 14.9. The van der Waals surface area contributed by atoms with Gasteiger partial charge in [-0.25, -0.2) is 9.78 Å². The van der Waals surface area contributed by atoms with Crippen molar-refractivity contribution >= 4 is 11.8 Å². The monoisotopic (exact) mass is 289 g/mol. The van der Waals surface area contributed by atoms with Gasteiger partial charge >= 0.3 is 12.2 Å². The fourth-order valence-electron chi connectivity index (χ4n) is 1.96. The van der Waals surface area contributed by atoms with E-state index in [1.165, 1.54) is 16.8 Å². The molecule has 0 N–H and O–H groups in total. The van der Waals surface area contributed by atoms with E-state index in [0.29, 0.717) is 6.61 Å². The minimum atomic E-state index is -4.47. The van der Waals surface area contributed by atoms with E-state index in [1.807, 2.05) is 0 Å². The lowest BCUT2D eigenvalue weighted by atomic mass is 10.2. The number of carbonyl (C=O) groups excluding carboxylic acids is 1. The Balaban J connectivity index is 2.26. The molecule has 2 amide bonds. The van der Waals surface area contributed by atoms with Crippen LogP contribution in [0.1, 0.15) is 12.5 Å². The van der Waals surface area contributed by atoms with Gasteiger partial charge in [-0.2, -0.15) is 13.2 Å². The van der Waals surface area contributed by atoms with E-state index < -0.39 is 24.0 Å². The summed E-state index contributed by atoms with van der Waals surface area (Å²) in [6.07, 6.45) is -3.91. The van der Waals surface area contributed by atoms with E-state index in [1.54, 1.807) is 6.92 Å². The van der Waals surface area contributed by atoms with Crippen molar-refractivity contribution in [3.05, 3.63) is 23.9 Å². The average molecular weight is 289 g/mol. The molecular formula is C12H14F3N3O2. The number of nitrogens with zero attached hydrogens (tertiary/aromatic N) is 3. The molecule has 1 unspecified atom stereocenters. The first kappa shape index (κ1) is 14.6. The highest BCUT2D eigenvalue weighted by atomic mass is 19.4. The Kier molecular flexibility index (Phi) is 3.85. The predicted octanol–water partition coefficient (Wildman–Crippen LogP) is 2.33. The third-order valence-electron chi connectivity index (χ3n) is 3.01. The van der Waals surface area contributed by atoms with E-state index in [9.17, 15) is 18.0 Å². The lowest BCUT2D eigenvalue weighted by Crippen LogP contribution is -2.32. The Morgan fingerprint density at radius 3 is 2.80 bits per heavy atom. The Hall–Kier alpha value is -1.83. The van der Waals surface area contributed by atoms with Crippen molar-refractivity contribution in [2.75, 3.05) is 25.1 Å². The van der Waals surface area contributed by atoms with Gasteiger partial charge in [0, 0.05) is 19.9 Å². The van der Waals surface area contributed by atoms with Gasteiger partial charge in [0.25, 0.3) is 0 Å². The van der Waals surface area contributed by atoms with Crippen LogP contribution in [0.25, 0.3) is 0 Å². The SMILES string of the molecule is CCOC1CN(c2cc(C(F)(F)F)ccn2)C(=O)N1C. The molecule has 1 aromatic heterocycles. The second-order valence-electron chi connectivity index (χ2n) is 4.31. The summed E-state index contributed by atoms with van der Waals surface area (Å²) in [7, 11) is 1.54. The molecule has 110 valence electrons. The second kappa shape index (κ2) is 5.28. The van der Waals surface area contributed by atoms with E-state index >= 15 is 0 Å². The molecule has 1 atom stereocenters. The van der Waals surface area contributed by atoms with Gasteiger partial charge in [-0.15, -0.1) is 0 Å². The zero-order valence-corrected chi connectivity index (χ0v) is 11.0. The number of alkyl halides is 3. The number of ether oxygens (including phenoxy) is 1. The summed E-state index contributed by atoms with van der Waals surface area (Å²) in [5, 5.41) is 0. The first-order valence-electron chi connectivity index (χ1n) is 6.03. The van der Waals surface area contributed by atoms with Gasteiger partial charge in [0.1, 0.15) is 5.82 Å². The maximum atomic E-state index is 12.7. The van der Waals surface area contributed by atoms with Gasteiger partial charge in [0.2, 0.25) is 0 Å². The van der Waals surface area contributed by atoms with Gasteiger partial charge in [-0.3, -0.25) is 9.80 Å². The molecule has 5 nitrogen and oxygen atoms in total. The summed E-state index contributed by atoms with van der Waals surface area (Å²) in [4.78, 5) is 18.4. The summed E-state index contributed by atoms with van der Waals surface area (Å²) in [5.41, 5.74) is -0.835. The predicted molar refractivity (Wildman–Crippen MR) is 65.2 cm³/mol. The Morgan fingerprint density at radius 2 is 2.20 bits per heavy atom. The lowest BCUT2D eigenvalue weighted by Gasteiger charge is -2.16. The molecule has 1 saturated heterocycles. The van der Waals surface area contributed by atoms with Crippen molar-refractivity contribution in [2.24, 2.45) is 0 Å². The number of hydrogen-bond acceptors (Lipinski definition) is 3. The number of carbonyl (C=O) groups is 1. The molecule has 0 radical (unpaired) electrons. The highest BCUT2D eigenvalue weighted by molar-refractivity contribution is 5.93. The molecule has 1 aliphatic rings. The van der Waals surface area contributed by atoms with E-state index in [-0.39, 0.29) is 12.4 Å². The number of aromatic nitrogens is 1. The number of urea groups is 1. The standard InChI is InChI=1S/C12H14F3N3O2/c1-3-20-10-7-18(11(19)17(10)2)9-6-8(4-5-16-9)12(13,14)15/h4-6,10H,3,7H2,1-2H3. The van der Waals surface area contributed by atoms with Crippen LogP contribution in [0.4, 0.5) is 23.8 Å². The van der Waals surface area contributed by atoms with Crippen LogP contribution in [0.15, 0.2) is 18.3 Å². The Bertz CT molecular complexity index is 507. The number of amides is 2. The largest absolute Gasteiger partial charge is 0.416 e. The van der Waals surface area contributed by atoms with Gasteiger partial charge in [0.15, 0.2) is 6.23 Å². The van der Waals surface area contributed by atoms with E-state index in [0.717, 1.165) is 18.3 Å².